The number of esters is 1. The molecule has 3 aromatic rings. The Hall–Kier alpha value is -1.90. The molecule has 0 atom stereocenters. The highest BCUT2D eigenvalue weighted by molar-refractivity contribution is 9.10. The first kappa shape index (κ1) is 20.8. The number of halogens is 1. The summed E-state index contributed by atoms with van der Waals surface area (Å²) < 4.78 is 13.8. The third kappa shape index (κ3) is 4.39. The number of carbonyl (C=O) groups excluding carboxylic acids is 1. The summed E-state index contributed by atoms with van der Waals surface area (Å²) in [4.78, 5) is 19.4. The van der Waals surface area contributed by atoms with Crippen LogP contribution in [-0.4, -0.2) is 42.3 Å². The molecule has 0 aliphatic rings. The number of pyridine rings is 1. The molecule has 3 aromatic heterocycles. The van der Waals surface area contributed by atoms with Gasteiger partial charge in [-0.2, -0.15) is 0 Å². The second kappa shape index (κ2) is 8.22. The molecule has 1 N–H and O–H groups in total. The predicted molar refractivity (Wildman–Crippen MR) is 117 cm³/mol. The van der Waals surface area contributed by atoms with Crippen molar-refractivity contribution in [3.05, 3.63) is 40.4 Å². The molecule has 0 saturated carbocycles. The molecule has 0 aromatic carbocycles. The Morgan fingerprint density at radius 3 is 2.75 bits per heavy atom. The van der Waals surface area contributed by atoms with E-state index in [1.54, 1.807) is 6.20 Å². The minimum Gasteiger partial charge on any atom is -0.464 e. The average molecular weight is 464 g/mol. The number of aromatic amines is 1. The number of nitrogens with zero attached hydrogens (tertiary/aromatic N) is 2. The van der Waals surface area contributed by atoms with Gasteiger partial charge in [-0.1, -0.05) is 19.6 Å². The van der Waals surface area contributed by atoms with E-state index in [4.69, 9.17) is 9.47 Å². The van der Waals surface area contributed by atoms with Crippen LogP contribution in [0, 0.1) is 6.92 Å². The average Bonchev–Trinajstić information content (AvgIpc) is 3.20. The summed E-state index contributed by atoms with van der Waals surface area (Å²) in [5.74, 6) is -0.387. The van der Waals surface area contributed by atoms with E-state index in [0.29, 0.717) is 12.4 Å². The van der Waals surface area contributed by atoms with Gasteiger partial charge in [-0.15, -0.1) is 0 Å². The van der Waals surface area contributed by atoms with Gasteiger partial charge in [0.25, 0.3) is 0 Å². The summed E-state index contributed by atoms with van der Waals surface area (Å²) >= 11 is 3.52. The van der Waals surface area contributed by atoms with E-state index in [1.165, 1.54) is 7.11 Å². The molecule has 3 rings (SSSR count). The molecule has 0 unspecified atom stereocenters. The lowest BCUT2D eigenvalue weighted by Crippen LogP contribution is -2.22. The molecule has 0 aliphatic heterocycles. The zero-order chi connectivity index (χ0) is 20.5. The highest BCUT2D eigenvalue weighted by atomic mass is 79.9. The number of rotatable bonds is 7. The number of carbonyl (C=O) groups is 1. The molecule has 0 saturated heterocycles. The van der Waals surface area contributed by atoms with Crippen molar-refractivity contribution >= 4 is 41.0 Å². The second-order valence-electron chi connectivity index (χ2n) is 8.05. The molecule has 0 aliphatic carbocycles. The summed E-state index contributed by atoms with van der Waals surface area (Å²) in [5.41, 5.74) is 4.29. The number of hydrogen-bond donors (Lipinski definition) is 1. The van der Waals surface area contributed by atoms with E-state index >= 15 is 0 Å². The molecule has 0 spiro atoms. The Labute approximate surface area is 174 Å². The maximum Gasteiger partial charge on any atom is 0.354 e. The van der Waals surface area contributed by atoms with Crippen molar-refractivity contribution in [1.82, 2.24) is 14.5 Å². The van der Waals surface area contributed by atoms with Crippen molar-refractivity contribution in [1.29, 1.82) is 0 Å². The molecular weight excluding hydrogens is 438 g/mol. The van der Waals surface area contributed by atoms with Crippen LogP contribution in [0.15, 0.2) is 29.0 Å². The summed E-state index contributed by atoms with van der Waals surface area (Å²) in [6, 6.07) is 4.98. The van der Waals surface area contributed by atoms with Crippen LogP contribution < -0.4 is 0 Å². The maximum atomic E-state index is 11.8. The minimum absolute atomic E-state index is 0.387. The van der Waals surface area contributed by atoms with E-state index in [2.05, 4.69) is 57.0 Å². The summed E-state index contributed by atoms with van der Waals surface area (Å²) in [5, 5.41) is 1.01. The van der Waals surface area contributed by atoms with Gasteiger partial charge in [0.05, 0.1) is 7.11 Å². The number of ether oxygens (including phenoxy) is 2. The smallest absolute Gasteiger partial charge is 0.354 e. The van der Waals surface area contributed by atoms with Crippen molar-refractivity contribution in [2.24, 2.45) is 0 Å². The topological polar surface area (TPSA) is 69.1 Å². The van der Waals surface area contributed by atoms with Crippen LogP contribution in [0.3, 0.4) is 0 Å². The van der Waals surface area contributed by atoms with Gasteiger partial charge in [0, 0.05) is 53.8 Å². The van der Waals surface area contributed by atoms with Gasteiger partial charge >= 0.3 is 5.97 Å². The summed E-state index contributed by atoms with van der Waals surface area (Å²) in [6.07, 6.45) is 3.62. The Bertz CT molecular complexity index is 1000. The number of nitrogens with one attached hydrogen (secondary N) is 1. The number of aromatic nitrogens is 3. The SMILES string of the molecule is COC(=O)c1cc(-c2c(C)n(COCC[Si](C)(C)C)c3ncc(Br)cc23)c[nH]1. The van der Waals surface area contributed by atoms with Crippen molar-refractivity contribution in [3.8, 4) is 11.1 Å². The van der Waals surface area contributed by atoms with Crippen LogP contribution in [0.5, 0.6) is 0 Å². The van der Waals surface area contributed by atoms with Crippen LogP contribution in [0.4, 0.5) is 0 Å². The highest BCUT2D eigenvalue weighted by Gasteiger charge is 2.20. The van der Waals surface area contributed by atoms with Crippen molar-refractivity contribution in [3.63, 3.8) is 0 Å². The molecule has 150 valence electrons. The number of methoxy groups -OCH3 is 1. The Morgan fingerprint density at radius 2 is 2.07 bits per heavy atom. The van der Waals surface area contributed by atoms with Crippen molar-refractivity contribution < 1.29 is 14.3 Å². The van der Waals surface area contributed by atoms with Crippen molar-refractivity contribution in [2.45, 2.75) is 39.3 Å². The number of H-pyrrole nitrogens is 1. The van der Waals surface area contributed by atoms with Gasteiger partial charge in [0.15, 0.2) is 0 Å². The molecule has 8 heteroatoms. The first-order chi connectivity index (χ1) is 13.2. The van der Waals surface area contributed by atoms with E-state index in [0.717, 1.165) is 45.0 Å². The summed E-state index contributed by atoms with van der Waals surface area (Å²) in [6.45, 7) is 10.3. The number of hydrogen-bond acceptors (Lipinski definition) is 4. The van der Waals surface area contributed by atoms with Gasteiger partial charge in [-0.25, -0.2) is 9.78 Å². The van der Waals surface area contributed by atoms with E-state index in [1.807, 2.05) is 18.3 Å². The Balaban J connectivity index is 1.98. The fourth-order valence-electron chi connectivity index (χ4n) is 3.14. The molecule has 0 radical (unpaired) electrons. The molecule has 0 bridgehead atoms. The van der Waals surface area contributed by atoms with Crippen molar-refractivity contribution in [2.75, 3.05) is 13.7 Å². The predicted octanol–water partition coefficient (Wildman–Crippen LogP) is 5.20. The highest BCUT2D eigenvalue weighted by Crippen LogP contribution is 2.35. The van der Waals surface area contributed by atoms with E-state index in [9.17, 15) is 4.79 Å². The maximum absolute atomic E-state index is 11.8. The normalized spacial score (nSPS) is 11.9. The Kier molecular flexibility index (Phi) is 6.11. The fraction of sp³-hybridized carbons (Fsp3) is 0.400. The van der Waals surface area contributed by atoms with Crippen LogP contribution >= 0.6 is 15.9 Å². The van der Waals surface area contributed by atoms with Gasteiger partial charge in [0.1, 0.15) is 18.1 Å². The first-order valence-corrected chi connectivity index (χ1v) is 13.7. The van der Waals surface area contributed by atoms with E-state index < -0.39 is 8.07 Å². The standard InChI is InChI=1S/C20H26BrN3O3Si/c1-13-18(14-8-17(22-10-14)20(25)26-2)16-9-15(21)11-23-19(16)24(13)12-27-6-7-28(3,4)5/h8-11,22H,6-7,12H2,1-5H3. The lowest BCUT2D eigenvalue weighted by atomic mass is 10.1. The lowest BCUT2D eigenvalue weighted by Gasteiger charge is -2.16. The van der Waals surface area contributed by atoms with Crippen LogP contribution in [0.1, 0.15) is 16.2 Å². The molecule has 0 fully saturated rings. The third-order valence-corrected chi connectivity index (χ3v) is 6.86. The molecule has 3 heterocycles. The number of fused-ring (bicyclic) bond motifs is 1. The van der Waals surface area contributed by atoms with Gasteiger partial charge in [0.2, 0.25) is 0 Å². The minimum atomic E-state index is -1.13. The third-order valence-electron chi connectivity index (χ3n) is 4.72. The first-order valence-electron chi connectivity index (χ1n) is 9.20. The molecule has 28 heavy (non-hydrogen) atoms. The Morgan fingerprint density at radius 1 is 1.32 bits per heavy atom. The molecule has 0 amide bonds. The monoisotopic (exact) mass is 463 g/mol. The zero-order valence-electron chi connectivity index (χ0n) is 16.9. The lowest BCUT2D eigenvalue weighted by molar-refractivity contribution is 0.0595. The zero-order valence-corrected chi connectivity index (χ0v) is 19.5. The van der Waals surface area contributed by atoms with Crippen LogP contribution in [-0.2, 0) is 16.2 Å². The molecular formula is C20H26BrN3O3Si. The molecule has 6 nitrogen and oxygen atoms in total. The van der Waals surface area contributed by atoms with Gasteiger partial charge < -0.3 is 19.0 Å². The largest absolute Gasteiger partial charge is 0.464 e. The second-order valence-corrected chi connectivity index (χ2v) is 14.6. The quantitative estimate of drug-likeness (QED) is 0.296. The van der Waals surface area contributed by atoms with Crippen LogP contribution in [0.25, 0.3) is 22.2 Å². The van der Waals surface area contributed by atoms with Crippen LogP contribution in [0.2, 0.25) is 25.7 Å². The van der Waals surface area contributed by atoms with Gasteiger partial charge in [-0.05, 0) is 41.0 Å². The van der Waals surface area contributed by atoms with Gasteiger partial charge in [-0.3, -0.25) is 0 Å². The fourth-order valence-corrected chi connectivity index (χ4v) is 4.23. The summed E-state index contributed by atoms with van der Waals surface area (Å²) in [7, 11) is 0.241. The van der Waals surface area contributed by atoms with E-state index in [-0.39, 0.29) is 5.97 Å².